The van der Waals surface area contributed by atoms with Crippen molar-refractivity contribution in [1.29, 1.82) is 0 Å². The number of hydrogen-bond acceptors (Lipinski definition) is 1. The van der Waals surface area contributed by atoms with Crippen LogP contribution in [-0.2, 0) is 0 Å². The van der Waals surface area contributed by atoms with Crippen LogP contribution in [0.1, 0.15) is 18.5 Å². The van der Waals surface area contributed by atoms with E-state index in [4.69, 9.17) is 11.6 Å². The molecule has 0 aromatic carbocycles. The fourth-order valence-electron chi connectivity index (χ4n) is 1.08. The van der Waals surface area contributed by atoms with E-state index in [1.807, 2.05) is 0 Å². The standard InChI is InChI=1S/C9H9ClF3N/c1-6(8(10)9(11,12)13)7-4-2-3-5-14-7/h2-6,8H,1H3. The van der Waals surface area contributed by atoms with Crippen LogP contribution in [0.5, 0.6) is 0 Å². The van der Waals surface area contributed by atoms with Crippen molar-refractivity contribution in [1.82, 2.24) is 4.98 Å². The molecular weight excluding hydrogens is 215 g/mol. The lowest BCUT2D eigenvalue weighted by Crippen LogP contribution is -2.28. The van der Waals surface area contributed by atoms with Crippen molar-refractivity contribution < 1.29 is 13.2 Å². The third-order valence-electron chi connectivity index (χ3n) is 1.91. The first kappa shape index (κ1) is 11.3. The predicted molar refractivity (Wildman–Crippen MR) is 48.3 cm³/mol. The monoisotopic (exact) mass is 223 g/mol. The maximum Gasteiger partial charge on any atom is 0.405 e. The number of nitrogens with zero attached hydrogens (tertiary/aromatic N) is 1. The van der Waals surface area contributed by atoms with E-state index in [0.29, 0.717) is 5.69 Å². The summed E-state index contributed by atoms with van der Waals surface area (Å²) in [6.07, 6.45) is -2.94. The molecule has 0 aliphatic carbocycles. The summed E-state index contributed by atoms with van der Waals surface area (Å²) in [5, 5.41) is -1.89. The Bertz CT molecular complexity index is 286. The summed E-state index contributed by atoms with van der Waals surface area (Å²) in [6.45, 7) is 1.41. The van der Waals surface area contributed by atoms with E-state index in [-0.39, 0.29) is 0 Å². The van der Waals surface area contributed by atoms with Crippen molar-refractivity contribution in [2.45, 2.75) is 24.4 Å². The molecule has 1 rings (SSSR count). The maximum atomic E-state index is 12.2. The Hall–Kier alpha value is -0.770. The second-order valence-electron chi connectivity index (χ2n) is 2.99. The molecule has 0 N–H and O–H groups in total. The molecular formula is C9H9ClF3N. The molecule has 0 bridgehead atoms. The van der Waals surface area contributed by atoms with Gasteiger partial charge in [-0.25, -0.2) is 0 Å². The van der Waals surface area contributed by atoms with Gasteiger partial charge in [-0.1, -0.05) is 13.0 Å². The molecule has 1 aromatic heterocycles. The topological polar surface area (TPSA) is 12.9 Å². The Labute approximate surface area is 84.9 Å². The normalized spacial score (nSPS) is 16.4. The smallest absolute Gasteiger partial charge is 0.261 e. The lowest BCUT2D eigenvalue weighted by molar-refractivity contribution is -0.134. The van der Waals surface area contributed by atoms with Gasteiger partial charge in [0.1, 0.15) is 5.38 Å². The van der Waals surface area contributed by atoms with Crippen LogP contribution in [0.15, 0.2) is 24.4 Å². The van der Waals surface area contributed by atoms with Crippen LogP contribution in [0.2, 0.25) is 0 Å². The fraction of sp³-hybridized carbons (Fsp3) is 0.444. The highest BCUT2D eigenvalue weighted by Crippen LogP contribution is 2.34. The minimum Gasteiger partial charge on any atom is -0.261 e. The number of hydrogen-bond donors (Lipinski definition) is 0. The molecule has 1 aromatic rings. The molecule has 2 atom stereocenters. The minimum absolute atomic E-state index is 0.352. The van der Waals surface area contributed by atoms with Gasteiger partial charge in [0.15, 0.2) is 0 Å². The van der Waals surface area contributed by atoms with Crippen molar-refractivity contribution >= 4 is 11.6 Å². The molecule has 2 unspecified atom stereocenters. The fourth-order valence-corrected chi connectivity index (χ4v) is 1.21. The molecule has 1 heterocycles. The number of rotatable bonds is 2. The van der Waals surface area contributed by atoms with Crippen molar-refractivity contribution in [3.05, 3.63) is 30.1 Å². The summed E-state index contributed by atoms with van der Waals surface area (Å²) in [5.74, 6) is -0.835. The van der Waals surface area contributed by atoms with Crippen LogP contribution in [0.25, 0.3) is 0 Å². The van der Waals surface area contributed by atoms with Gasteiger partial charge in [-0.2, -0.15) is 13.2 Å². The number of pyridine rings is 1. The highest BCUT2D eigenvalue weighted by Gasteiger charge is 2.42. The van der Waals surface area contributed by atoms with Gasteiger partial charge < -0.3 is 0 Å². The minimum atomic E-state index is -4.39. The molecule has 0 aliphatic rings. The Morgan fingerprint density at radius 1 is 1.36 bits per heavy atom. The summed E-state index contributed by atoms with van der Waals surface area (Å²) in [7, 11) is 0. The van der Waals surface area contributed by atoms with Crippen LogP contribution in [0.4, 0.5) is 13.2 Å². The molecule has 1 nitrogen and oxygen atoms in total. The van der Waals surface area contributed by atoms with Crippen molar-refractivity contribution in [3.8, 4) is 0 Å². The largest absolute Gasteiger partial charge is 0.405 e. The van der Waals surface area contributed by atoms with E-state index in [0.717, 1.165) is 0 Å². The summed E-state index contributed by atoms with van der Waals surface area (Å²) < 4.78 is 36.7. The molecule has 0 radical (unpaired) electrons. The number of alkyl halides is 4. The van der Waals surface area contributed by atoms with Gasteiger partial charge in [0.25, 0.3) is 0 Å². The van der Waals surface area contributed by atoms with Crippen LogP contribution in [0.3, 0.4) is 0 Å². The van der Waals surface area contributed by atoms with E-state index in [1.54, 1.807) is 12.1 Å². The van der Waals surface area contributed by atoms with Gasteiger partial charge in [0, 0.05) is 17.8 Å². The average molecular weight is 224 g/mol. The van der Waals surface area contributed by atoms with Crippen molar-refractivity contribution in [3.63, 3.8) is 0 Å². The maximum absolute atomic E-state index is 12.2. The summed E-state index contributed by atoms with van der Waals surface area (Å²) in [6, 6.07) is 4.82. The molecule has 78 valence electrons. The first-order valence-corrected chi connectivity index (χ1v) is 4.48. The third kappa shape index (κ3) is 2.61. The van der Waals surface area contributed by atoms with Crippen LogP contribution in [-0.4, -0.2) is 16.5 Å². The highest BCUT2D eigenvalue weighted by molar-refractivity contribution is 6.21. The van der Waals surface area contributed by atoms with Crippen molar-refractivity contribution in [2.75, 3.05) is 0 Å². The molecule has 5 heteroatoms. The number of halogens is 4. The molecule has 0 aliphatic heterocycles. The van der Waals surface area contributed by atoms with Gasteiger partial charge in [0.2, 0.25) is 0 Å². The lowest BCUT2D eigenvalue weighted by atomic mass is 10.0. The molecule has 0 saturated heterocycles. The average Bonchev–Trinajstić information content (AvgIpc) is 2.15. The second-order valence-corrected chi connectivity index (χ2v) is 3.46. The Balaban J connectivity index is 2.81. The summed E-state index contributed by atoms with van der Waals surface area (Å²) in [5.41, 5.74) is 0.352. The van der Waals surface area contributed by atoms with Gasteiger partial charge in [-0.05, 0) is 12.1 Å². The zero-order chi connectivity index (χ0) is 10.8. The highest BCUT2D eigenvalue weighted by atomic mass is 35.5. The van der Waals surface area contributed by atoms with Crippen LogP contribution >= 0.6 is 11.6 Å². The first-order valence-electron chi connectivity index (χ1n) is 4.04. The van der Waals surface area contributed by atoms with E-state index >= 15 is 0 Å². The second kappa shape index (κ2) is 4.17. The van der Waals surface area contributed by atoms with Crippen molar-refractivity contribution in [2.24, 2.45) is 0 Å². The van der Waals surface area contributed by atoms with E-state index in [9.17, 15) is 13.2 Å². The van der Waals surface area contributed by atoms with Crippen LogP contribution in [0, 0.1) is 0 Å². The van der Waals surface area contributed by atoms with Gasteiger partial charge in [-0.15, -0.1) is 11.6 Å². The van der Waals surface area contributed by atoms with Crippen LogP contribution < -0.4 is 0 Å². The predicted octanol–water partition coefficient (Wildman–Crippen LogP) is 3.35. The molecule has 14 heavy (non-hydrogen) atoms. The zero-order valence-electron chi connectivity index (χ0n) is 7.42. The molecule has 0 fully saturated rings. The first-order chi connectivity index (χ1) is 6.43. The molecule has 0 spiro atoms. The number of aromatic nitrogens is 1. The zero-order valence-corrected chi connectivity index (χ0v) is 8.18. The van der Waals surface area contributed by atoms with Gasteiger partial charge >= 0.3 is 6.18 Å². The molecule has 0 saturated carbocycles. The molecule has 0 amide bonds. The third-order valence-corrected chi connectivity index (χ3v) is 2.53. The van der Waals surface area contributed by atoms with E-state index in [1.165, 1.54) is 19.2 Å². The summed E-state index contributed by atoms with van der Waals surface area (Å²) >= 11 is 5.28. The quantitative estimate of drug-likeness (QED) is 0.701. The Morgan fingerprint density at radius 3 is 2.43 bits per heavy atom. The van der Waals surface area contributed by atoms with E-state index < -0.39 is 17.5 Å². The summed E-state index contributed by atoms with van der Waals surface area (Å²) in [4.78, 5) is 3.83. The van der Waals surface area contributed by atoms with Gasteiger partial charge in [-0.3, -0.25) is 4.98 Å². The Kier molecular flexibility index (Phi) is 3.37. The Morgan fingerprint density at radius 2 is 2.00 bits per heavy atom. The van der Waals surface area contributed by atoms with E-state index in [2.05, 4.69) is 4.98 Å². The SMILES string of the molecule is CC(c1ccccn1)C(Cl)C(F)(F)F. The van der Waals surface area contributed by atoms with Gasteiger partial charge in [0.05, 0.1) is 0 Å². The lowest BCUT2D eigenvalue weighted by Gasteiger charge is -2.19.